The summed E-state index contributed by atoms with van der Waals surface area (Å²) in [6.45, 7) is 5.96. The number of rotatable bonds is 52. The van der Waals surface area contributed by atoms with Gasteiger partial charge in [0.15, 0.2) is 0 Å². The van der Waals surface area contributed by atoms with Gasteiger partial charge in [0.1, 0.15) is 34.5 Å². The molecule has 0 aliphatic heterocycles. The highest BCUT2D eigenvalue weighted by molar-refractivity contribution is 5.92. The van der Waals surface area contributed by atoms with Crippen LogP contribution in [0.2, 0.25) is 0 Å². The molecular formula is C78H98O22. The average Bonchev–Trinajstić information content (AvgIpc) is 0.893. The summed E-state index contributed by atoms with van der Waals surface area (Å²) >= 11 is 0. The standard InChI is InChI=1S/C78H98O22/c1-59-29-31-61(32-30-59)76(86)98-68-45-47-69(48-46-68)100-78(88)63-33-37-64(38-34-63)89-51-17-5-3-4-6-19-54-95-74(84)49-50-75(85)96-58-24-12-16-28-73(83)94-57-23-11-15-27-72(82)93-56-22-10-14-26-71(81)92-55-21-9-13-25-70(80)91-53-20-8-7-18-52-90-65-39-35-62(36-40-65)77(87)99-67-43-41-66(42-44-67)97-60(2)79/h29-48H,3-28,49-58H2,1-2H3. The molecule has 100 heavy (non-hydrogen) atoms. The average molecular weight is 1390 g/mol. The molecule has 0 heterocycles. The molecular weight excluding hydrogens is 1290 g/mol. The van der Waals surface area contributed by atoms with Gasteiger partial charge in [-0.1, -0.05) is 43.4 Å². The molecule has 0 N–H and O–H groups in total. The SMILES string of the molecule is CC(=O)Oc1ccc(OC(=O)c2ccc(OCCCCCCOC(=O)CCCCCOC(=O)CCCCCOC(=O)CCCCCOC(=O)CCCCCOC(=O)CCC(=O)OCCCCCCCCOc3ccc(C(=O)Oc4ccc(OC(=O)c5ccc(C)cc5)cc4)cc3)cc2)cc1. The van der Waals surface area contributed by atoms with Gasteiger partial charge in [-0.25, -0.2) is 14.4 Å². The molecule has 0 aromatic heterocycles. The Hall–Kier alpha value is -9.60. The van der Waals surface area contributed by atoms with Gasteiger partial charge in [0.05, 0.1) is 82.4 Å². The summed E-state index contributed by atoms with van der Waals surface area (Å²) in [5, 5.41) is 0. The van der Waals surface area contributed by atoms with E-state index in [1.54, 1.807) is 97.1 Å². The lowest BCUT2D eigenvalue weighted by Gasteiger charge is -2.09. The molecule has 0 bridgehead atoms. The summed E-state index contributed by atoms with van der Waals surface area (Å²) in [5.74, 6) is -1.41. The maximum Gasteiger partial charge on any atom is 0.343 e. The lowest BCUT2D eigenvalue weighted by Crippen LogP contribution is -2.11. The van der Waals surface area contributed by atoms with E-state index in [1.807, 2.05) is 19.1 Å². The second kappa shape index (κ2) is 49.8. The lowest BCUT2D eigenvalue weighted by atomic mass is 10.1. The van der Waals surface area contributed by atoms with Crippen LogP contribution in [0.5, 0.6) is 34.5 Å². The predicted octanol–water partition coefficient (Wildman–Crippen LogP) is 15.2. The topological polar surface area (TPSA) is 281 Å². The molecule has 0 fully saturated rings. The first-order valence-corrected chi connectivity index (χ1v) is 35.1. The minimum Gasteiger partial charge on any atom is -0.494 e. The van der Waals surface area contributed by atoms with E-state index in [4.69, 9.17) is 56.8 Å². The Morgan fingerprint density at radius 2 is 0.440 bits per heavy atom. The zero-order valence-corrected chi connectivity index (χ0v) is 58.0. The van der Waals surface area contributed by atoms with E-state index < -0.39 is 35.8 Å². The van der Waals surface area contributed by atoms with Gasteiger partial charge < -0.3 is 56.8 Å². The molecule has 0 saturated carbocycles. The number of unbranched alkanes of at least 4 members (excludes halogenated alkanes) is 16. The molecule has 0 spiro atoms. The first-order chi connectivity index (χ1) is 48.6. The van der Waals surface area contributed by atoms with Crippen LogP contribution < -0.4 is 28.4 Å². The van der Waals surface area contributed by atoms with Crippen LogP contribution >= 0.6 is 0 Å². The second-order valence-electron chi connectivity index (χ2n) is 23.9. The number of carbonyl (C=O) groups excluding carboxylic acids is 10. The van der Waals surface area contributed by atoms with E-state index in [2.05, 4.69) is 0 Å². The summed E-state index contributed by atoms with van der Waals surface area (Å²) in [4.78, 5) is 121. The quantitative estimate of drug-likeness (QED) is 0.0151. The van der Waals surface area contributed by atoms with Gasteiger partial charge in [0, 0.05) is 32.6 Å². The number of carbonyl (C=O) groups is 10. The van der Waals surface area contributed by atoms with Gasteiger partial charge in [0.2, 0.25) is 0 Å². The Morgan fingerprint density at radius 3 is 0.710 bits per heavy atom. The van der Waals surface area contributed by atoms with Gasteiger partial charge in [-0.15, -0.1) is 0 Å². The zero-order valence-electron chi connectivity index (χ0n) is 58.0. The van der Waals surface area contributed by atoms with Crippen molar-refractivity contribution in [2.45, 2.75) is 194 Å². The molecule has 0 radical (unpaired) electrons. The normalized spacial score (nSPS) is 10.7. The maximum atomic E-state index is 12.7. The van der Waals surface area contributed by atoms with Crippen molar-refractivity contribution >= 4 is 59.7 Å². The Kier molecular flexibility index (Phi) is 40.4. The van der Waals surface area contributed by atoms with Crippen molar-refractivity contribution in [1.82, 2.24) is 0 Å². The van der Waals surface area contributed by atoms with E-state index in [9.17, 15) is 47.9 Å². The number of hydrogen-bond acceptors (Lipinski definition) is 22. The molecule has 5 aromatic carbocycles. The zero-order chi connectivity index (χ0) is 71.6. The third kappa shape index (κ3) is 37.9. The van der Waals surface area contributed by atoms with Crippen LogP contribution in [0.4, 0.5) is 0 Å². The van der Waals surface area contributed by atoms with Gasteiger partial charge in [-0.2, -0.15) is 0 Å². The Balaban J connectivity index is 0.694. The molecule has 542 valence electrons. The third-order valence-electron chi connectivity index (χ3n) is 15.3. The first-order valence-electron chi connectivity index (χ1n) is 35.1. The molecule has 0 amide bonds. The fourth-order valence-corrected chi connectivity index (χ4v) is 9.67. The van der Waals surface area contributed by atoms with E-state index in [0.29, 0.717) is 161 Å². The lowest BCUT2D eigenvalue weighted by molar-refractivity contribution is -0.150. The van der Waals surface area contributed by atoms with Crippen LogP contribution in [0, 0.1) is 6.92 Å². The van der Waals surface area contributed by atoms with Crippen LogP contribution in [-0.4, -0.2) is 113 Å². The summed E-state index contributed by atoms with van der Waals surface area (Å²) < 4.78 is 64.7. The second-order valence-corrected chi connectivity index (χ2v) is 23.9. The highest BCUT2D eigenvalue weighted by Gasteiger charge is 2.16. The van der Waals surface area contributed by atoms with Gasteiger partial charge in [-0.05, 0) is 232 Å². The van der Waals surface area contributed by atoms with Crippen molar-refractivity contribution in [2.24, 2.45) is 0 Å². The molecule has 22 heteroatoms. The highest BCUT2D eigenvalue weighted by atomic mass is 16.6. The monoisotopic (exact) mass is 1390 g/mol. The Bertz CT molecular complexity index is 3230. The number of benzene rings is 5. The van der Waals surface area contributed by atoms with Crippen molar-refractivity contribution in [3.8, 4) is 34.5 Å². The molecule has 5 rings (SSSR count). The number of hydrogen-bond donors (Lipinski definition) is 0. The van der Waals surface area contributed by atoms with Crippen molar-refractivity contribution < 1.29 is 105 Å². The molecule has 22 nitrogen and oxygen atoms in total. The fourth-order valence-electron chi connectivity index (χ4n) is 9.67. The van der Waals surface area contributed by atoms with Crippen LogP contribution in [0.1, 0.15) is 223 Å². The maximum absolute atomic E-state index is 12.7. The summed E-state index contributed by atoms with van der Waals surface area (Å²) in [7, 11) is 0. The van der Waals surface area contributed by atoms with Crippen LogP contribution in [0.15, 0.2) is 121 Å². The summed E-state index contributed by atoms with van der Waals surface area (Å²) in [6, 6.07) is 32.8. The highest BCUT2D eigenvalue weighted by Crippen LogP contribution is 2.24. The summed E-state index contributed by atoms with van der Waals surface area (Å²) in [6.07, 6.45) is 17.6. The van der Waals surface area contributed by atoms with Gasteiger partial charge in [-0.3, -0.25) is 33.6 Å². The van der Waals surface area contributed by atoms with Crippen molar-refractivity contribution in [2.75, 3.05) is 52.9 Å². The van der Waals surface area contributed by atoms with Crippen LogP contribution in [0.3, 0.4) is 0 Å². The predicted molar refractivity (Wildman–Crippen MR) is 369 cm³/mol. The third-order valence-corrected chi connectivity index (χ3v) is 15.3. The largest absolute Gasteiger partial charge is 0.494 e. The number of esters is 10. The van der Waals surface area contributed by atoms with E-state index in [0.717, 1.165) is 76.2 Å². The van der Waals surface area contributed by atoms with Crippen molar-refractivity contribution in [3.63, 3.8) is 0 Å². The number of aryl methyl sites for hydroxylation is 1. The van der Waals surface area contributed by atoms with E-state index >= 15 is 0 Å². The molecule has 0 atom stereocenters. The van der Waals surface area contributed by atoms with E-state index in [1.165, 1.54) is 19.1 Å². The molecule has 5 aromatic rings. The summed E-state index contributed by atoms with van der Waals surface area (Å²) in [5.41, 5.74) is 2.20. The smallest absolute Gasteiger partial charge is 0.343 e. The van der Waals surface area contributed by atoms with Crippen molar-refractivity contribution in [3.05, 3.63) is 144 Å². The van der Waals surface area contributed by atoms with Gasteiger partial charge >= 0.3 is 59.7 Å². The van der Waals surface area contributed by atoms with Gasteiger partial charge in [0.25, 0.3) is 0 Å². The minimum atomic E-state index is -0.531. The first kappa shape index (κ1) is 81.1. The van der Waals surface area contributed by atoms with E-state index in [-0.39, 0.29) is 75.8 Å². The minimum absolute atomic E-state index is 0.0512. The number of ether oxygens (including phenoxy) is 12. The Labute approximate surface area is 586 Å². The molecule has 0 aliphatic rings. The fraction of sp³-hybridized carbons (Fsp3) is 0.487. The molecule has 0 aliphatic carbocycles. The molecule has 0 saturated heterocycles. The Morgan fingerprint density at radius 1 is 0.230 bits per heavy atom. The van der Waals surface area contributed by atoms with Crippen LogP contribution in [0.25, 0.3) is 0 Å². The van der Waals surface area contributed by atoms with Crippen LogP contribution in [-0.2, 0) is 62.0 Å². The van der Waals surface area contributed by atoms with Crippen molar-refractivity contribution in [1.29, 1.82) is 0 Å². The molecule has 0 unspecified atom stereocenters.